The van der Waals surface area contributed by atoms with Crippen LogP contribution in [0.2, 0.25) is 0 Å². The van der Waals surface area contributed by atoms with E-state index in [2.05, 4.69) is 10.1 Å². The molecule has 0 radical (unpaired) electrons. The van der Waals surface area contributed by atoms with Crippen molar-refractivity contribution in [2.24, 2.45) is 5.10 Å². The fourth-order valence-electron chi connectivity index (χ4n) is 1.56. The van der Waals surface area contributed by atoms with Gasteiger partial charge >= 0.3 is 5.97 Å². The minimum Gasteiger partial charge on any atom is -0.462 e. The molecule has 18 heavy (non-hydrogen) atoms. The lowest BCUT2D eigenvalue weighted by molar-refractivity contribution is -0.116. The number of hydrazone groups is 1. The van der Waals surface area contributed by atoms with Crippen LogP contribution in [0.3, 0.4) is 0 Å². The maximum Gasteiger partial charge on any atom is 0.350 e. The van der Waals surface area contributed by atoms with Gasteiger partial charge in [0.25, 0.3) is 5.91 Å². The minimum absolute atomic E-state index is 0.128. The highest BCUT2D eigenvalue weighted by atomic mass is 32.1. The van der Waals surface area contributed by atoms with Crippen LogP contribution < -0.4 is 5.01 Å². The Balaban J connectivity index is 2.29. The number of ether oxygens (including phenoxy) is 1. The monoisotopic (exact) mass is 267 g/mol. The quantitative estimate of drug-likeness (QED) is 0.782. The molecule has 0 saturated heterocycles. The van der Waals surface area contributed by atoms with Crippen molar-refractivity contribution < 1.29 is 14.3 Å². The van der Waals surface area contributed by atoms with Gasteiger partial charge in [0.2, 0.25) is 5.13 Å². The van der Waals surface area contributed by atoms with Gasteiger partial charge in [0, 0.05) is 5.71 Å². The topological polar surface area (TPSA) is 71.9 Å². The van der Waals surface area contributed by atoms with Crippen LogP contribution in [0.1, 0.15) is 35.6 Å². The largest absolute Gasteiger partial charge is 0.462 e. The van der Waals surface area contributed by atoms with Crippen molar-refractivity contribution in [3.05, 3.63) is 10.6 Å². The number of carbonyl (C=O) groups is 2. The van der Waals surface area contributed by atoms with Gasteiger partial charge < -0.3 is 4.74 Å². The first-order valence-corrected chi connectivity index (χ1v) is 6.36. The maximum atomic E-state index is 11.7. The highest BCUT2D eigenvalue weighted by molar-refractivity contribution is 7.17. The molecule has 0 atom stereocenters. The van der Waals surface area contributed by atoms with Crippen LogP contribution in [0.5, 0.6) is 0 Å². The third-order valence-corrected chi connectivity index (χ3v) is 3.45. The second kappa shape index (κ2) is 4.85. The van der Waals surface area contributed by atoms with Gasteiger partial charge in [0.15, 0.2) is 0 Å². The molecule has 0 unspecified atom stereocenters. The Labute approximate surface area is 108 Å². The fraction of sp³-hybridized carbons (Fsp3) is 0.455. The number of esters is 1. The first kappa shape index (κ1) is 12.7. The van der Waals surface area contributed by atoms with Gasteiger partial charge in [-0.1, -0.05) is 11.3 Å². The zero-order chi connectivity index (χ0) is 13.3. The summed E-state index contributed by atoms with van der Waals surface area (Å²) in [4.78, 5) is 27.9. The average Bonchev–Trinajstić information content (AvgIpc) is 2.82. The fourth-order valence-corrected chi connectivity index (χ4v) is 2.49. The normalized spacial score (nSPS) is 14.9. The number of carbonyl (C=O) groups excluding carboxylic acids is 2. The zero-order valence-corrected chi connectivity index (χ0v) is 11.2. The molecule has 7 heteroatoms. The van der Waals surface area contributed by atoms with Gasteiger partial charge in [-0.25, -0.2) is 9.78 Å². The van der Waals surface area contributed by atoms with Crippen molar-refractivity contribution in [2.45, 2.75) is 27.2 Å². The van der Waals surface area contributed by atoms with E-state index in [-0.39, 0.29) is 5.91 Å². The second-order valence-corrected chi connectivity index (χ2v) is 4.83. The van der Waals surface area contributed by atoms with E-state index < -0.39 is 5.97 Å². The molecule has 6 nitrogen and oxygen atoms in total. The molecule has 0 fully saturated rings. The predicted molar refractivity (Wildman–Crippen MR) is 68.0 cm³/mol. The standard InChI is InChI=1S/C11H13N3O3S/c1-4-17-10(16)9-7(3)12-11(18-9)14-8(15)5-6(2)13-14/h4-5H2,1-3H3. The Morgan fingerprint density at radius 1 is 1.50 bits per heavy atom. The van der Waals surface area contributed by atoms with Gasteiger partial charge in [-0.2, -0.15) is 10.1 Å². The van der Waals surface area contributed by atoms with Crippen molar-refractivity contribution in [1.29, 1.82) is 0 Å². The van der Waals surface area contributed by atoms with Gasteiger partial charge in [-0.15, -0.1) is 0 Å². The summed E-state index contributed by atoms with van der Waals surface area (Å²) in [6.07, 6.45) is 0.299. The zero-order valence-electron chi connectivity index (χ0n) is 10.4. The van der Waals surface area contributed by atoms with Gasteiger partial charge in [0.05, 0.1) is 18.7 Å². The number of hydrogen-bond acceptors (Lipinski definition) is 6. The highest BCUT2D eigenvalue weighted by Crippen LogP contribution is 2.29. The molecular weight excluding hydrogens is 254 g/mol. The lowest BCUT2D eigenvalue weighted by atomic mass is 10.3. The Morgan fingerprint density at radius 2 is 2.22 bits per heavy atom. The number of rotatable bonds is 3. The smallest absolute Gasteiger partial charge is 0.350 e. The first-order valence-electron chi connectivity index (χ1n) is 5.54. The summed E-state index contributed by atoms with van der Waals surface area (Å²) in [7, 11) is 0. The number of anilines is 1. The second-order valence-electron chi connectivity index (χ2n) is 3.85. The van der Waals surface area contributed by atoms with E-state index in [0.29, 0.717) is 28.7 Å². The lowest BCUT2D eigenvalue weighted by Gasteiger charge is -2.05. The summed E-state index contributed by atoms with van der Waals surface area (Å²) >= 11 is 1.12. The van der Waals surface area contributed by atoms with E-state index in [1.54, 1.807) is 20.8 Å². The summed E-state index contributed by atoms with van der Waals surface area (Å²) in [5.41, 5.74) is 1.30. The summed E-state index contributed by atoms with van der Waals surface area (Å²) in [5, 5.41) is 5.76. The molecule has 2 rings (SSSR count). The molecule has 1 aromatic rings. The Morgan fingerprint density at radius 3 is 2.78 bits per heavy atom. The molecule has 1 aliphatic rings. The summed E-state index contributed by atoms with van der Waals surface area (Å²) in [5.74, 6) is -0.539. The molecule has 0 bridgehead atoms. The Bertz CT molecular complexity index is 536. The van der Waals surface area contributed by atoms with Gasteiger partial charge in [-0.3, -0.25) is 4.79 Å². The SMILES string of the molecule is CCOC(=O)c1sc(N2N=C(C)CC2=O)nc1C. The molecule has 0 saturated carbocycles. The Kier molecular flexibility index (Phi) is 3.42. The van der Waals surface area contributed by atoms with E-state index in [1.807, 2.05) is 0 Å². The van der Waals surface area contributed by atoms with Crippen molar-refractivity contribution in [3.63, 3.8) is 0 Å². The number of nitrogens with zero attached hydrogens (tertiary/aromatic N) is 3. The molecule has 1 amide bonds. The van der Waals surface area contributed by atoms with E-state index in [1.165, 1.54) is 5.01 Å². The van der Waals surface area contributed by atoms with Crippen molar-refractivity contribution >= 4 is 34.1 Å². The average molecular weight is 267 g/mol. The van der Waals surface area contributed by atoms with E-state index in [0.717, 1.165) is 17.0 Å². The highest BCUT2D eigenvalue weighted by Gasteiger charge is 2.27. The summed E-state index contributed by atoms with van der Waals surface area (Å²) in [6, 6.07) is 0. The van der Waals surface area contributed by atoms with E-state index in [9.17, 15) is 9.59 Å². The molecule has 2 heterocycles. The van der Waals surface area contributed by atoms with E-state index in [4.69, 9.17) is 4.74 Å². The minimum atomic E-state index is -0.411. The molecule has 1 aliphatic heterocycles. The number of thiazole rings is 1. The molecule has 0 aromatic carbocycles. The summed E-state index contributed by atoms with van der Waals surface area (Å²) < 4.78 is 4.92. The van der Waals surface area contributed by atoms with Crippen LogP contribution in [0, 0.1) is 6.92 Å². The van der Waals surface area contributed by atoms with Gasteiger partial charge in [0.1, 0.15) is 4.88 Å². The van der Waals surface area contributed by atoms with Crippen LogP contribution in [-0.4, -0.2) is 29.2 Å². The van der Waals surface area contributed by atoms with Crippen molar-refractivity contribution in [3.8, 4) is 0 Å². The summed E-state index contributed by atoms with van der Waals surface area (Å²) in [6.45, 7) is 5.55. The van der Waals surface area contributed by atoms with Crippen molar-refractivity contribution in [1.82, 2.24) is 4.98 Å². The van der Waals surface area contributed by atoms with Crippen LogP contribution in [0.25, 0.3) is 0 Å². The van der Waals surface area contributed by atoms with Crippen LogP contribution >= 0.6 is 11.3 Å². The number of hydrogen-bond donors (Lipinski definition) is 0. The van der Waals surface area contributed by atoms with Gasteiger partial charge in [-0.05, 0) is 20.8 Å². The molecular formula is C11H13N3O3S. The van der Waals surface area contributed by atoms with Crippen molar-refractivity contribution in [2.75, 3.05) is 11.6 Å². The van der Waals surface area contributed by atoms with E-state index >= 15 is 0 Å². The number of aryl methyl sites for hydroxylation is 1. The van der Waals surface area contributed by atoms with Crippen LogP contribution in [-0.2, 0) is 9.53 Å². The molecule has 0 spiro atoms. The Hall–Kier alpha value is -1.76. The third-order valence-electron chi connectivity index (χ3n) is 2.34. The number of amides is 1. The lowest BCUT2D eigenvalue weighted by Crippen LogP contribution is -2.19. The molecule has 0 aliphatic carbocycles. The number of aromatic nitrogens is 1. The molecule has 96 valence electrons. The van der Waals surface area contributed by atoms with Crippen LogP contribution in [0.4, 0.5) is 5.13 Å². The van der Waals surface area contributed by atoms with Crippen LogP contribution in [0.15, 0.2) is 5.10 Å². The third kappa shape index (κ3) is 2.26. The molecule has 0 N–H and O–H groups in total. The first-order chi connectivity index (χ1) is 8.52. The molecule has 1 aromatic heterocycles. The maximum absolute atomic E-state index is 11.7. The predicted octanol–water partition coefficient (Wildman–Crippen LogP) is 1.74.